The Morgan fingerprint density at radius 1 is 1.35 bits per heavy atom. The summed E-state index contributed by atoms with van der Waals surface area (Å²) in [5, 5.41) is 15.2. The van der Waals surface area contributed by atoms with Crippen LogP contribution in [0.25, 0.3) is 0 Å². The van der Waals surface area contributed by atoms with Crippen LogP contribution in [0.3, 0.4) is 0 Å². The molecular weight excluding hydrogens is 370 g/mol. The topological polar surface area (TPSA) is 79.4 Å². The number of hydrogen-bond donors (Lipinski definition) is 2. The number of amides is 1. The van der Waals surface area contributed by atoms with Gasteiger partial charge in [-0.25, -0.2) is 0 Å². The lowest BCUT2D eigenvalue weighted by atomic mass is 10.2. The molecule has 2 rings (SSSR count). The molecule has 26 heavy (non-hydrogen) atoms. The Labute approximate surface area is 164 Å². The summed E-state index contributed by atoms with van der Waals surface area (Å²) in [6.07, 6.45) is 0.0739. The summed E-state index contributed by atoms with van der Waals surface area (Å²) in [6.45, 7) is 13.8. The molecule has 0 radical (unpaired) electrons. The number of carbonyl (C=O) groups is 1. The number of thioether (sulfide) groups is 1. The van der Waals surface area contributed by atoms with Crippen LogP contribution in [-0.2, 0) is 9.53 Å². The Kier molecular flexibility index (Phi) is 9.10. The van der Waals surface area contributed by atoms with Gasteiger partial charge in [0.2, 0.25) is 11.0 Å². The van der Waals surface area contributed by atoms with Gasteiger partial charge >= 0.3 is 0 Å². The highest BCUT2D eigenvalue weighted by molar-refractivity contribution is 8.01. The average molecular weight is 402 g/mol. The van der Waals surface area contributed by atoms with Crippen molar-refractivity contribution in [2.24, 2.45) is 11.8 Å². The lowest BCUT2D eigenvalue weighted by Gasteiger charge is -2.33. The van der Waals surface area contributed by atoms with Crippen LogP contribution in [0, 0.1) is 11.8 Å². The first-order valence-corrected chi connectivity index (χ1v) is 11.0. The SMILES string of the molecule is CC(C)CNc1nnc(SCC(=O)NCC2CN(CC(C)C)CCO2)s1. The van der Waals surface area contributed by atoms with Gasteiger partial charge in [0.15, 0.2) is 4.34 Å². The third kappa shape index (κ3) is 8.20. The van der Waals surface area contributed by atoms with E-state index in [4.69, 9.17) is 4.74 Å². The molecule has 9 heteroatoms. The van der Waals surface area contributed by atoms with Crippen LogP contribution >= 0.6 is 23.1 Å². The van der Waals surface area contributed by atoms with E-state index in [0.717, 1.165) is 42.3 Å². The molecule has 148 valence electrons. The minimum atomic E-state index is 0.00599. The molecule has 1 amide bonds. The van der Waals surface area contributed by atoms with Crippen LogP contribution in [0.2, 0.25) is 0 Å². The monoisotopic (exact) mass is 401 g/mol. The van der Waals surface area contributed by atoms with E-state index in [2.05, 4.69) is 53.4 Å². The van der Waals surface area contributed by atoms with Crippen molar-refractivity contribution in [2.75, 3.05) is 50.4 Å². The number of hydrogen-bond acceptors (Lipinski definition) is 8. The van der Waals surface area contributed by atoms with Gasteiger partial charge in [-0.15, -0.1) is 10.2 Å². The van der Waals surface area contributed by atoms with Crippen LogP contribution in [0.4, 0.5) is 5.13 Å². The number of aromatic nitrogens is 2. The van der Waals surface area contributed by atoms with Gasteiger partial charge in [-0.1, -0.05) is 50.8 Å². The normalized spacial score (nSPS) is 18.5. The molecule has 1 aromatic heterocycles. The molecule has 0 saturated carbocycles. The molecule has 1 aliphatic rings. The van der Waals surface area contributed by atoms with Gasteiger partial charge < -0.3 is 15.4 Å². The third-order valence-electron chi connectivity index (χ3n) is 3.77. The molecule has 0 spiro atoms. The van der Waals surface area contributed by atoms with E-state index in [9.17, 15) is 4.79 Å². The zero-order valence-corrected chi connectivity index (χ0v) is 17.8. The Balaban J connectivity index is 1.64. The van der Waals surface area contributed by atoms with Crippen LogP contribution in [0.1, 0.15) is 27.7 Å². The molecular formula is C17H31N5O2S2. The molecule has 2 N–H and O–H groups in total. The van der Waals surface area contributed by atoms with Crippen molar-refractivity contribution in [1.82, 2.24) is 20.4 Å². The number of ether oxygens (including phenoxy) is 1. The number of nitrogens with zero attached hydrogens (tertiary/aromatic N) is 3. The van der Waals surface area contributed by atoms with Gasteiger partial charge in [-0.3, -0.25) is 9.69 Å². The zero-order chi connectivity index (χ0) is 18.9. The fourth-order valence-electron chi connectivity index (χ4n) is 2.62. The maximum absolute atomic E-state index is 12.1. The molecule has 7 nitrogen and oxygen atoms in total. The summed E-state index contributed by atoms with van der Waals surface area (Å²) in [7, 11) is 0. The lowest BCUT2D eigenvalue weighted by Crippen LogP contribution is -2.48. The Bertz CT molecular complexity index is 553. The van der Waals surface area contributed by atoms with E-state index in [1.807, 2.05) is 0 Å². The summed E-state index contributed by atoms with van der Waals surface area (Å²) >= 11 is 2.91. The summed E-state index contributed by atoms with van der Waals surface area (Å²) in [5.74, 6) is 1.55. The van der Waals surface area contributed by atoms with Crippen molar-refractivity contribution in [3.8, 4) is 0 Å². The highest BCUT2D eigenvalue weighted by Gasteiger charge is 2.21. The minimum absolute atomic E-state index is 0.00599. The van der Waals surface area contributed by atoms with E-state index in [0.29, 0.717) is 24.1 Å². The Morgan fingerprint density at radius 3 is 2.88 bits per heavy atom. The molecule has 1 unspecified atom stereocenters. The molecule has 0 aromatic carbocycles. The number of anilines is 1. The predicted molar refractivity (Wildman–Crippen MR) is 108 cm³/mol. The maximum Gasteiger partial charge on any atom is 0.230 e. The van der Waals surface area contributed by atoms with Crippen LogP contribution in [0.5, 0.6) is 0 Å². The van der Waals surface area contributed by atoms with Crippen molar-refractivity contribution < 1.29 is 9.53 Å². The summed E-state index contributed by atoms with van der Waals surface area (Å²) in [6, 6.07) is 0. The van der Waals surface area contributed by atoms with E-state index < -0.39 is 0 Å². The van der Waals surface area contributed by atoms with E-state index in [1.54, 1.807) is 0 Å². The zero-order valence-electron chi connectivity index (χ0n) is 16.2. The first-order chi connectivity index (χ1) is 12.4. The predicted octanol–water partition coefficient (Wildman–Crippen LogP) is 2.17. The second-order valence-corrected chi connectivity index (χ2v) is 9.59. The first-order valence-electron chi connectivity index (χ1n) is 9.23. The van der Waals surface area contributed by atoms with Gasteiger partial charge in [0.25, 0.3) is 0 Å². The highest BCUT2D eigenvalue weighted by atomic mass is 32.2. The number of rotatable bonds is 10. The lowest BCUT2D eigenvalue weighted by molar-refractivity contribution is -0.119. The summed E-state index contributed by atoms with van der Waals surface area (Å²) in [4.78, 5) is 14.5. The van der Waals surface area contributed by atoms with Crippen LogP contribution in [0.15, 0.2) is 4.34 Å². The Morgan fingerprint density at radius 2 is 2.15 bits per heavy atom. The van der Waals surface area contributed by atoms with E-state index >= 15 is 0 Å². The van der Waals surface area contributed by atoms with E-state index in [1.165, 1.54) is 23.1 Å². The smallest absolute Gasteiger partial charge is 0.230 e. The molecule has 1 aliphatic heterocycles. The maximum atomic E-state index is 12.1. The first kappa shape index (κ1) is 21.4. The summed E-state index contributed by atoms with van der Waals surface area (Å²) in [5.41, 5.74) is 0. The van der Waals surface area contributed by atoms with Crippen molar-refractivity contribution in [3.05, 3.63) is 0 Å². The average Bonchev–Trinajstić information content (AvgIpc) is 3.04. The number of morpholine rings is 1. The minimum Gasteiger partial charge on any atom is -0.374 e. The van der Waals surface area contributed by atoms with Crippen molar-refractivity contribution in [3.63, 3.8) is 0 Å². The second-order valence-electron chi connectivity index (χ2n) is 7.39. The van der Waals surface area contributed by atoms with Gasteiger partial charge in [0.1, 0.15) is 0 Å². The van der Waals surface area contributed by atoms with Gasteiger partial charge in [-0.2, -0.15) is 0 Å². The molecule has 1 saturated heterocycles. The molecule has 1 fully saturated rings. The molecule has 1 atom stereocenters. The molecule has 0 aliphatic carbocycles. The van der Waals surface area contributed by atoms with Crippen molar-refractivity contribution >= 4 is 34.1 Å². The van der Waals surface area contributed by atoms with Crippen LogP contribution < -0.4 is 10.6 Å². The Hall–Kier alpha value is -0.900. The fraction of sp³-hybridized carbons (Fsp3) is 0.824. The van der Waals surface area contributed by atoms with Crippen LogP contribution in [-0.4, -0.2) is 72.2 Å². The van der Waals surface area contributed by atoms with Crippen molar-refractivity contribution in [1.29, 1.82) is 0 Å². The van der Waals surface area contributed by atoms with Gasteiger partial charge in [0.05, 0.1) is 18.5 Å². The van der Waals surface area contributed by atoms with Gasteiger partial charge in [-0.05, 0) is 11.8 Å². The van der Waals surface area contributed by atoms with Gasteiger partial charge in [0, 0.05) is 32.7 Å². The quantitative estimate of drug-likeness (QED) is 0.582. The fourth-order valence-corrected chi connectivity index (χ4v) is 4.21. The standard InChI is InChI=1S/C17H31N5O2S2/c1-12(2)7-19-16-20-21-17(26-16)25-11-15(23)18-8-14-10-22(5-6-24-14)9-13(3)4/h12-14H,5-11H2,1-4H3,(H,18,23)(H,19,20). The van der Waals surface area contributed by atoms with Crippen molar-refractivity contribution in [2.45, 2.75) is 38.1 Å². The number of nitrogens with one attached hydrogen (secondary N) is 2. The highest BCUT2D eigenvalue weighted by Crippen LogP contribution is 2.25. The van der Waals surface area contributed by atoms with E-state index in [-0.39, 0.29) is 12.0 Å². The molecule has 0 bridgehead atoms. The number of carbonyl (C=O) groups excluding carboxylic acids is 1. The summed E-state index contributed by atoms with van der Waals surface area (Å²) < 4.78 is 6.57. The second kappa shape index (κ2) is 11.1. The third-order valence-corrected chi connectivity index (χ3v) is 5.78. The molecule has 1 aromatic rings. The largest absolute Gasteiger partial charge is 0.374 e. The molecule has 2 heterocycles.